The molecule has 19 heavy (non-hydrogen) atoms. The van der Waals surface area contributed by atoms with E-state index in [9.17, 15) is 9.59 Å². The van der Waals surface area contributed by atoms with Gasteiger partial charge in [0.1, 0.15) is 5.75 Å². The van der Waals surface area contributed by atoms with E-state index in [0.29, 0.717) is 24.5 Å². The van der Waals surface area contributed by atoms with E-state index in [1.165, 1.54) is 0 Å². The van der Waals surface area contributed by atoms with E-state index in [1.807, 2.05) is 18.2 Å². The number of rotatable bonds is 6. The van der Waals surface area contributed by atoms with Crippen LogP contribution in [0.25, 0.3) is 0 Å². The number of amides is 1. The maximum atomic E-state index is 11.2. The summed E-state index contributed by atoms with van der Waals surface area (Å²) in [6, 6.07) is 5.65. The minimum atomic E-state index is -0.804. The molecule has 3 N–H and O–H groups in total. The van der Waals surface area contributed by atoms with Crippen LogP contribution < -0.4 is 15.4 Å². The fourth-order valence-corrected chi connectivity index (χ4v) is 1.84. The third-order valence-electron chi connectivity index (χ3n) is 2.78. The van der Waals surface area contributed by atoms with Gasteiger partial charge in [-0.05, 0) is 30.7 Å². The summed E-state index contributed by atoms with van der Waals surface area (Å²) >= 11 is 0. The first-order valence-corrected chi connectivity index (χ1v) is 6.13. The highest BCUT2D eigenvalue weighted by molar-refractivity contribution is 5.95. The Morgan fingerprint density at radius 2 is 2.26 bits per heavy atom. The average Bonchev–Trinajstić information content (AvgIpc) is 2.37. The monoisotopic (exact) mass is 264 g/mol. The van der Waals surface area contributed by atoms with Crippen molar-refractivity contribution in [1.82, 2.24) is 5.32 Å². The van der Waals surface area contributed by atoms with Gasteiger partial charge in [0.2, 0.25) is 0 Å². The first-order valence-electron chi connectivity index (χ1n) is 6.13. The highest BCUT2D eigenvalue weighted by Crippen LogP contribution is 2.28. The molecule has 1 aromatic carbocycles. The second-order valence-corrected chi connectivity index (χ2v) is 4.31. The third-order valence-corrected chi connectivity index (χ3v) is 2.78. The van der Waals surface area contributed by atoms with Crippen LogP contribution in [-0.2, 0) is 16.0 Å². The van der Waals surface area contributed by atoms with Crippen LogP contribution in [0.5, 0.6) is 5.75 Å². The van der Waals surface area contributed by atoms with Gasteiger partial charge in [0.15, 0.2) is 6.61 Å². The van der Waals surface area contributed by atoms with Crippen molar-refractivity contribution in [3.63, 3.8) is 0 Å². The number of carboxylic acid groups (broad SMARTS) is 1. The largest absolute Gasteiger partial charge is 0.482 e. The Balaban J connectivity index is 1.83. The van der Waals surface area contributed by atoms with Gasteiger partial charge in [-0.15, -0.1) is 0 Å². The molecule has 2 rings (SSSR count). The number of carbonyl (C=O) groups excluding carboxylic acids is 1. The lowest BCUT2D eigenvalue weighted by Gasteiger charge is -2.18. The van der Waals surface area contributed by atoms with Gasteiger partial charge in [0.05, 0.1) is 12.1 Å². The highest BCUT2D eigenvalue weighted by atomic mass is 16.5. The zero-order valence-corrected chi connectivity index (χ0v) is 10.4. The molecule has 1 heterocycles. The molecule has 1 aromatic rings. The standard InChI is InChI=1S/C13H16N2O4/c16-12-8-19-11-2-1-9(7-10(11)15-12)3-5-14-6-4-13(17)18/h1-2,7,14H,3-6,8H2,(H,15,16)(H,17,18). The molecule has 1 amide bonds. The summed E-state index contributed by atoms with van der Waals surface area (Å²) in [5.74, 6) is -0.271. The number of aliphatic carboxylic acids is 1. The Morgan fingerprint density at radius 3 is 3.05 bits per heavy atom. The van der Waals surface area contributed by atoms with Crippen LogP contribution in [0.1, 0.15) is 12.0 Å². The van der Waals surface area contributed by atoms with E-state index in [0.717, 1.165) is 12.0 Å². The highest BCUT2D eigenvalue weighted by Gasteiger charge is 2.15. The molecule has 0 aromatic heterocycles. The fraction of sp³-hybridized carbons (Fsp3) is 0.385. The molecule has 0 spiro atoms. The lowest BCUT2D eigenvalue weighted by atomic mass is 10.1. The van der Waals surface area contributed by atoms with Crippen molar-refractivity contribution in [3.05, 3.63) is 23.8 Å². The molecule has 1 aliphatic heterocycles. The number of nitrogens with one attached hydrogen (secondary N) is 2. The number of fused-ring (bicyclic) bond motifs is 1. The molecule has 0 unspecified atom stereocenters. The minimum Gasteiger partial charge on any atom is -0.482 e. The molecule has 6 heteroatoms. The van der Waals surface area contributed by atoms with E-state index < -0.39 is 5.97 Å². The van der Waals surface area contributed by atoms with Crippen LogP contribution in [0.3, 0.4) is 0 Å². The van der Waals surface area contributed by atoms with Gasteiger partial charge in [0.25, 0.3) is 5.91 Å². The van der Waals surface area contributed by atoms with Gasteiger partial charge in [-0.1, -0.05) is 6.07 Å². The van der Waals surface area contributed by atoms with Crippen molar-refractivity contribution in [1.29, 1.82) is 0 Å². The van der Waals surface area contributed by atoms with E-state index in [4.69, 9.17) is 9.84 Å². The second kappa shape index (κ2) is 6.19. The topological polar surface area (TPSA) is 87.7 Å². The molecule has 0 bridgehead atoms. The zero-order chi connectivity index (χ0) is 13.7. The number of ether oxygens (including phenoxy) is 1. The zero-order valence-electron chi connectivity index (χ0n) is 10.4. The van der Waals surface area contributed by atoms with Crippen molar-refractivity contribution >= 4 is 17.6 Å². The molecule has 0 aliphatic carbocycles. The summed E-state index contributed by atoms with van der Waals surface area (Å²) < 4.78 is 5.27. The van der Waals surface area contributed by atoms with E-state index in [-0.39, 0.29) is 18.9 Å². The number of benzene rings is 1. The first kappa shape index (κ1) is 13.4. The van der Waals surface area contributed by atoms with E-state index >= 15 is 0 Å². The predicted octanol–water partition coefficient (Wildman–Crippen LogP) is 0.624. The van der Waals surface area contributed by atoms with Gasteiger partial charge >= 0.3 is 5.97 Å². The third kappa shape index (κ3) is 3.96. The summed E-state index contributed by atoms with van der Waals surface area (Å²) in [4.78, 5) is 21.5. The molecule has 0 atom stereocenters. The van der Waals surface area contributed by atoms with Crippen molar-refractivity contribution in [3.8, 4) is 5.75 Å². The second-order valence-electron chi connectivity index (χ2n) is 4.31. The Kier molecular flexibility index (Phi) is 4.35. The number of hydrogen-bond donors (Lipinski definition) is 3. The molecule has 1 aliphatic rings. The van der Waals surface area contributed by atoms with E-state index in [1.54, 1.807) is 0 Å². The van der Waals surface area contributed by atoms with Crippen molar-refractivity contribution in [2.24, 2.45) is 0 Å². The number of anilines is 1. The van der Waals surface area contributed by atoms with Gasteiger partial charge in [-0.2, -0.15) is 0 Å². The van der Waals surface area contributed by atoms with E-state index in [2.05, 4.69) is 10.6 Å². The molecule has 0 saturated carbocycles. The molecule has 102 valence electrons. The van der Waals surface area contributed by atoms with Crippen LogP contribution in [0, 0.1) is 0 Å². The van der Waals surface area contributed by atoms with Crippen LogP contribution in [-0.4, -0.2) is 36.7 Å². The Hall–Kier alpha value is -2.08. The van der Waals surface area contributed by atoms with Crippen molar-refractivity contribution in [2.45, 2.75) is 12.8 Å². The molecule has 0 radical (unpaired) electrons. The predicted molar refractivity (Wildman–Crippen MR) is 69.4 cm³/mol. The van der Waals surface area contributed by atoms with Crippen LogP contribution in [0.2, 0.25) is 0 Å². The molecular formula is C13H16N2O4. The molecule has 0 fully saturated rings. The lowest BCUT2D eigenvalue weighted by Crippen LogP contribution is -2.25. The normalized spacial score (nSPS) is 13.4. The summed E-state index contributed by atoms with van der Waals surface area (Å²) in [7, 11) is 0. The molecular weight excluding hydrogens is 248 g/mol. The fourth-order valence-electron chi connectivity index (χ4n) is 1.84. The van der Waals surface area contributed by atoms with Crippen LogP contribution in [0.15, 0.2) is 18.2 Å². The molecule has 0 saturated heterocycles. The summed E-state index contributed by atoms with van der Waals surface area (Å²) in [5, 5.41) is 14.3. The number of carbonyl (C=O) groups is 2. The smallest absolute Gasteiger partial charge is 0.304 e. The van der Waals surface area contributed by atoms with Crippen molar-refractivity contribution < 1.29 is 19.4 Å². The minimum absolute atomic E-state index is 0.0586. The summed E-state index contributed by atoms with van der Waals surface area (Å²) in [5.41, 5.74) is 1.76. The van der Waals surface area contributed by atoms with Gasteiger partial charge in [-0.3, -0.25) is 9.59 Å². The van der Waals surface area contributed by atoms with Gasteiger partial charge < -0.3 is 20.5 Å². The van der Waals surface area contributed by atoms with Crippen molar-refractivity contribution in [2.75, 3.05) is 25.0 Å². The number of carboxylic acids is 1. The molecule has 6 nitrogen and oxygen atoms in total. The Bertz CT molecular complexity index is 488. The first-order chi connectivity index (χ1) is 9.15. The number of hydrogen-bond acceptors (Lipinski definition) is 4. The average molecular weight is 264 g/mol. The summed E-state index contributed by atoms with van der Waals surface area (Å²) in [6.07, 6.45) is 0.886. The lowest BCUT2D eigenvalue weighted by molar-refractivity contribution is -0.136. The Morgan fingerprint density at radius 1 is 1.42 bits per heavy atom. The van der Waals surface area contributed by atoms with Crippen LogP contribution >= 0.6 is 0 Å². The van der Waals surface area contributed by atoms with Gasteiger partial charge in [-0.25, -0.2) is 0 Å². The Labute approximate surface area is 110 Å². The quantitative estimate of drug-likeness (QED) is 0.656. The SMILES string of the molecule is O=C(O)CCNCCc1ccc2c(c1)NC(=O)CO2. The summed E-state index contributed by atoms with van der Waals surface area (Å²) in [6.45, 7) is 1.21. The van der Waals surface area contributed by atoms with Crippen LogP contribution in [0.4, 0.5) is 5.69 Å². The van der Waals surface area contributed by atoms with Gasteiger partial charge in [0, 0.05) is 6.54 Å². The maximum Gasteiger partial charge on any atom is 0.304 e. The maximum absolute atomic E-state index is 11.2.